The molecule has 8 nitrogen and oxygen atoms in total. The molecular weight excluding hydrogens is 504 g/mol. The second-order valence-electron chi connectivity index (χ2n) is 9.60. The van der Waals surface area contributed by atoms with Crippen LogP contribution < -0.4 is 10.6 Å². The molecule has 0 aromatic heterocycles. The summed E-state index contributed by atoms with van der Waals surface area (Å²) in [7, 11) is 0. The van der Waals surface area contributed by atoms with Crippen molar-refractivity contribution in [1.82, 2.24) is 10.6 Å². The van der Waals surface area contributed by atoms with Gasteiger partial charge in [0, 0.05) is 30.7 Å². The molecular formula is C26H37ClN2O6S. The summed E-state index contributed by atoms with van der Waals surface area (Å²) in [5.41, 5.74) is 0.929. The zero-order chi connectivity index (χ0) is 26.0. The highest BCUT2D eigenvalue weighted by Gasteiger charge is 2.54. The zero-order valence-electron chi connectivity index (χ0n) is 21.0. The van der Waals surface area contributed by atoms with Crippen molar-refractivity contribution >= 4 is 40.7 Å². The van der Waals surface area contributed by atoms with E-state index in [1.807, 2.05) is 13.0 Å². The van der Waals surface area contributed by atoms with Crippen LogP contribution in [0.1, 0.15) is 58.8 Å². The van der Waals surface area contributed by atoms with Gasteiger partial charge in [0.05, 0.1) is 12.5 Å². The molecule has 2 bridgehead atoms. The summed E-state index contributed by atoms with van der Waals surface area (Å²) in [4.78, 5) is 37.5. The highest BCUT2D eigenvalue weighted by molar-refractivity contribution is 8.14. The van der Waals surface area contributed by atoms with E-state index in [-0.39, 0.29) is 17.8 Å². The first kappa shape index (κ1) is 28.6. The third-order valence-electron chi connectivity index (χ3n) is 6.44. The summed E-state index contributed by atoms with van der Waals surface area (Å²) in [6, 6.07) is -0.567. The summed E-state index contributed by atoms with van der Waals surface area (Å²) in [5.74, 6) is -0.776. The van der Waals surface area contributed by atoms with Gasteiger partial charge in [0.25, 0.3) is 5.24 Å². The fraction of sp³-hybridized carbons (Fsp3) is 0.654. The average molecular weight is 541 g/mol. The summed E-state index contributed by atoms with van der Waals surface area (Å²) >= 11 is 6.84. The molecule has 0 radical (unpaired) electrons. The molecule has 0 spiro atoms. The van der Waals surface area contributed by atoms with Crippen LogP contribution >= 0.6 is 23.4 Å². The molecule has 36 heavy (non-hydrogen) atoms. The minimum absolute atomic E-state index is 0.134. The Morgan fingerprint density at radius 3 is 2.89 bits per heavy atom. The number of ether oxygens (including phenoxy) is 3. The van der Waals surface area contributed by atoms with Gasteiger partial charge in [0.2, 0.25) is 5.79 Å². The number of esters is 1. The minimum atomic E-state index is -1.45. The lowest BCUT2D eigenvalue weighted by Crippen LogP contribution is -2.61. The van der Waals surface area contributed by atoms with Gasteiger partial charge in [-0.15, -0.1) is 11.6 Å². The van der Waals surface area contributed by atoms with Gasteiger partial charge >= 0.3 is 12.1 Å². The number of rotatable bonds is 5. The molecule has 3 aliphatic heterocycles. The average Bonchev–Trinajstić information content (AvgIpc) is 3.26. The van der Waals surface area contributed by atoms with E-state index in [2.05, 4.69) is 35.8 Å². The first-order chi connectivity index (χ1) is 17.3. The molecule has 3 heterocycles. The Kier molecular flexibility index (Phi) is 11.2. The van der Waals surface area contributed by atoms with Crippen molar-refractivity contribution in [2.45, 2.75) is 82.8 Å². The van der Waals surface area contributed by atoms with Crippen LogP contribution in [-0.2, 0) is 19.0 Å². The SMILES string of the molecule is C/C1=C/C(=O)O[C@@H]2C[C@@H](CC[C@H](C)/C=C\C=C\CC1)O[C@@](OC(=O)NCCCCl)([C@@H]1CSC(=O)N1)C2. The normalized spacial score (nSPS) is 35.0. The Morgan fingerprint density at radius 2 is 2.14 bits per heavy atom. The number of halogens is 1. The van der Waals surface area contributed by atoms with Crippen LogP contribution in [0.4, 0.5) is 9.59 Å². The molecule has 10 heteroatoms. The van der Waals surface area contributed by atoms with Crippen molar-refractivity contribution in [3.63, 3.8) is 0 Å². The minimum Gasteiger partial charge on any atom is -0.459 e. The molecule has 0 aliphatic carbocycles. The van der Waals surface area contributed by atoms with E-state index in [0.717, 1.165) is 36.6 Å². The molecule has 3 rings (SSSR count). The summed E-state index contributed by atoms with van der Waals surface area (Å²) in [5, 5.41) is 5.37. The Labute approximate surface area is 222 Å². The molecule has 0 aromatic rings. The number of allylic oxidation sites excluding steroid dienone is 5. The topological polar surface area (TPSA) is 103 Å². The van der Waals surface area contributed by atoms with Crippen LogP contribution in [0.2, 0.25) is 0 Å². The molecule has 2 fully saturated rings. The number of carbonyl (C=O) groups is 3. The third-order valence-corrected chi connectivity index (χ3v) is 7.58. The van der Waals surface area contributed by atoms with E-state index in [9.17, 15) is 14.4 Å². The predicted molar refractivity (Wildman–Crippen MR) is 141 cm³/mol. The van der Waals surface area contributed by atoms with Crippen molar-refractivity contribution < 1.29 is 28.6 Å². The molecule has 3 aliphatic rings. The number of alkyl carbamates (subject to hydrolysis) is 1. The predicted octanol–water partition coefficient (Wildman–Crippen LogP) is 5.22. The van der Waals surface area contributed by atoms with Crippen molar-refractivity contribution in [3.8, 4) is 0 Å². The maximum absolute atomic E-state index is 12.7. The Balaban J connectivity index is 1.87. The molecule has 2 N–H and O–H groups in total. The largest absolute Gasteiger partial charge is 0.459 e. The molecule has 2 amide bonds. The van der Waals surface area contributed by atoms with Gasteiger partial charge in [-0.25, -0.2) is 9.59 Å². The van der Waals surface area contributed by atoms with Crippen molar-refractivity contribution in [2.75, 3.05) is 18.2 Å². The quantitative estimate of drug-likeness (QED) is 0.280. The molecule has 0 saturated carbocycles. The number of hydrogen-bond donors (Lipinski definition) is 2. The van der Waals surface area contributed by atoms with Crippen molar-refractivity contribution in [2.24, 2.45) is 5.92 Å². The van der Waals surface area contributed by atoms with Gasteiger partial charge < -0.3 is 24.8 Å². The molecule has 200 valence electrons. The molecule has 0 aromatic carbocycles. The maximum Gasteiger partial charge on any atom is 0.409 e. The number of carbonyl (C=O) groups excluding carboxylic acids is 3. The number of hydrogen-bond acceptors (Lipinski definition) is 7. The Morgan fingerprint density at radius 1 is 1.31 bits per heavy atom. The Hall–Kier alpha value is -1.97. The standard InChI is InChI=1S/C26H37ClN2O6S/c1-18-8-5-3-4-6-9-19(2)14-23(30)33-21-15-20(11-10-18)34-26(16-21,22-17-36-25(32)29-22)35-24(31)28-13-7-12-27/h3-5,8,14,18,20-22H,6-7,9-13,15-17H2,1-2H3,(H,28,31)(H,29,32)/b4-3+,8-5-,19-14-/t18-,20-,21-,22+,26+/m1/s1. The molecule has 0 unspecified atom stereocenters. The lowest BCUT2D eigenvalue weighted by atomic mass is 9.90. The van der Waals surface area contributed by atoms with Gasteiger partial charge in [0.1, 0.15) is 12.1 Å². The van der Waals surface area contributed by atoms with Crippen molar-refractivity contribution in [3.05, 3.63) is 36.0 Å². The van der Waals surface area contributed by atoms with Crippen molar-refractivity contribution in [1.29, 1.82) is 0 Å². The number of amides is 2. The van der Waals surface area contributed by atoms with Gasteiger partial charge in [-0.05, 0) is 44.9 Å². The van der Waals surface area contributed by atoms with Crippen LogP contribution in [0.5, 0.6) is 0 Å². The number of thioether (sulfide) groups is 1. The van der Waals surface area contributed by atoms with E-state index in [1.165, 1.54) is 6.08 Å². The zero-order valence-corrected chi connectivity index (χ0v) is 22.6. The lowest BCUT2D eigenvalue weighted by Gasteiger charge is -2.46. The van der Waals surface area contributed by atoms with E-state index < -0.39 is 30.0 Å². The van der Waals surface area contributed by atoms with Crippen LogP contribution in [0.3, 0.4) is 0 Å². The summed E-state index contributed by atoms with van der Waals surface area (Å²) in [6.07, 6.45) is 12.7. The summed E-state index contributed by atoms with van der Waals surface area (Å²) < 4.78 is 18.3. The van der Waals surface area contributed by atoms with E-state index in [4.69, 9.17) is 25.8 Å². The van der Waals surface area contributed by atoms with E-state index >= 15 is 0 Å². The van der Waals surface area contributed by atoms with Gasteiger partial charge in [-0.2, -0.15) is 0 Å². The third kappa shape index (κ3) is 8.85. The second kappa shape index (κ2) is 14.1. The highest BCUT2D eigenvalue weighted by atomic mass is 35.5. The number of alkyl halides is 1. The second-order valence-corrected chi connectivity index (χ2v) is 11.0. The number of nitrogens with one attached hydrogen (secondary N) is 2. The fourth-order valence-corrected chi connectivity index (χ4v) is 5.54. The monoisotopic (exact) mass is 540 g/mol. The van der Waals surface area contributed by atoms with Crippen LogP contribution in [0.25, 0.3) is 0 Å². The highest BCUT2D eigenvalue weighted by Crippen LogP contribution is 2.39. The van der Waals surface area contributed by atoms with E-state index in [1.54, 1.807) is 0 Å². The smallest absolute Gasteiger partial charge is 0.409 e. The maximum atomic E-state index is 12.7. The summed E-state index contributed by atoms with van der Waals surface area (Å²) in [6.45, 7) is 4.41. The van der Waals surface area contributed by atoms with Crippen LogP contribution in [0.15, 0.2) is 36.0 Å². The molecule has 5 atom stereocenters. The Bertz CT molecular complexity index is 878. The van der Waals surface area contributed by atoms with Crippen LogP contribution in [0, 0.1) is 5.92 Å². The number of fused-ring (bicyclic) bond motifs is 2. The van der Waals surface area contributed by atoms with Gasteiger partial charge in [-0.3, -0.25) is 4.79 Å². The van der Waals surface area contributed by atoms with Crippen LogP contribution in [-0.4, -0.2) is 59.5 Å². The molecule has 2 saturated heterocycles. The van der Waals surface area contributed by atoms with Gasteiger partial charge in [-0.1, -0.05) is 48.6 Å². The lowest BCUT2D eigenvalue weighted by molar-refractivity contribution is -0.281. The van der Waals surface area contributed by atoms with Gasteiger partial charge in [0.15, 0.2) is 0 Å². The van der Waals surface area contributed by atoms with E-state index in [0.29, 0.717) is 43.4 Å². The fourth-order valence-electron chi connectivity index (χ4n) is 4.53. The first-order valence-electron chi connectivity index (χ1n) is 12.6. The first-order valence-corrected chi connectivity index (χ1v) is 14.2.